The molecule has 1 unspecified atom stereocenters. The van der Waals surface area contributed by atoms with E-state index in [-0.39, 0.29) is 45.8 Å². The normalized spacial score (nSPS) is 18.2. The van der Waals surface area contributed by atoms with Gasteiger partial charge < -0.3 is 5.32 Å². The van der Waals surface area contributed by atoms with Gasteiger partial charge in [-0.05, 0) is 48.4 Å². The highest BCUT2D eigenvalue weighted by molar-refractivity contribution is 8.17. The lowest BCUT2D eigenvalue weighted by Crippen LogP contribution is -2.43. The minimum Gasteiger partial charge on any atom is -0.350 e. The van der Waals surface area contributed by atoms with E-state index in [1.54, 1.807) is 12.5 Å². The monoisotopic (exact) mass is 624 g/mol. The van der Waals surface area contributed by atoms with Gasteiger partial charge in [-0.25, -0.2) is 0 Å². The van der Waals surface area contributed by atoms with E-state index in [0.717, 1.165) is 0 Å². The molecular formula is C23H18ClF9N2O2S2. The lowest BCUT2D eigenvalue weighted by molar-refractivity contribution is -0.269. The van der Waals surface area contributed by atoms with Gasteiger partial charge in [-0.1, -0.05) is 23.7 Å². The van der Waals surface area contributed by atoms with E-state index >= 15 is 0 Å². The third kappa shape index (κ3) is 6.74. The summed E-state index contributed by atoms with van der Waals surface area (Å²) >= 11 is 8.85. The summed E-state index contributed by atoms with van der Waals surface area (Å²) in [5.41, 5.74) is -7.02. The molecule has 1 aliphatic rings. The number of nitrogens with one attached hydrogen (secondary N) is 2. The van der Waals surface area contributed by atoms with Gasteiger partial charge in [0.05, 0.1) is 16.8 Å². The topological polar surface area (TPSA) is 50.4 Å². The number of hydrogen-bond donors (Lipinski definition) is 2. The van der Waals surface area contributed by atoms with Crippen molar-refractivity contribution in [1.82, 2.24) is 10.8 Å². The molecule has 0 aromatic heterocycles. The molecule has 2 N–H and O–H groups in total. The molecule has 0 bridgehead atoms. The van der Waals surface area contributed by atoms with Gasteiger partial charge in [-0.2, -0.15) is 39.5 Å². The van der Waals surface area contributed by atoms with E-state index in [1.807, 2.05) is 5.48 Å². The summed E-state index contributed by atoms with van der Waals surface area (Å²) in [6, 6.07) is 3.55. The van der Waals surface area contributed by atoms with Crippen molar-refractivity contribution in [1.29, 1.82) is 0 Å². The van der Waals surface area contributed by atoms with E-state index in [4.69, 9.17) is 11.6 Å². The van der Waals surface area contributed by atoms with E-state index in [9.17, 15) is 44.3 Å². The maximum Gasteiger partial charge on any atom is 0.428 e. The molecule has 214 valence electrons. The zero-order valence-corrected chi connectivity index (χ0v) is 22.1. The van der Waals surface area contributed by atoms with Crippen LogP contribution in [0.4, 0.5) is 39.5 Å². The third-order valence-corrected chi connectivity index (χ3v) is 8.36. The van der Waals surface area contributed by atoms with Crippen LogP contribution < -0.4 is 10.8 Å². The maximum absolute atomic E-state index is 14.2. The van der Waals surface area contributed by atoms with E-state index in [2.05, 4.69) is 10.2 Å². The first-order valence-electron chi connectivity index (χ1n) is 10.6. The summed E-state index contributed by atoms with van der Waals surface area (Å²) in [4.78, 5) is 16.8. The first kappa shape index (κ1) is 31.3. The quantitative estimate of drug-likeness (QED) is 0.249. The Bertz CT molecular complexity index is 1230. The molecule has 4 nitrogen and oxygen atoms in total. The molecule has 0 radical (unpaired) electrons. The van der Waals surface area contributed by atoms with Gasteiger partial charge >= 0.3 is 18.5 Å². The molecule has 1 heterocycles. The number of amides is 1. The Hall–Kier alpha value is -2.23. The number of hydroxylamine groups is 1. The zero-order valence-electron chi connectivity index (χ0n) is 19.7. The molecule has 1 aliphatic heterocycles. The fraction of sp³-hybridized carbons (Fsp3) is 0.348. The Labute approximate surface area is 229 Å². The molecule has 1 atom stereocenters. The predicted octanol–water partition coefficient (Wildman–Crippen LogP) is 7.38. The van der Waals surface area contributed by atoms with Crippen LogP contribution in [-0.4, -0.2) is 29.2 Å². The number of hydrogen-bond acceptors (Lipinski definition) is 5. The first-order chi connectivity index (χ1) is 17.9. The molecule has 39 heavy (non-hydrogen) atoms. The smallest absolute Gasteiger partial charge is 0.350 e. The van der Waals surface area contributed by atoms with Crippen molar-refractivity contribution in [2.75, 3.05) is 12.5 Å². The number of carbonyl (C=O) groups excluding carboxylic acids is 1. The van der Waals surface area contributed by atoms with Gasteiger partial charge in [0.2, 0.25) is 11.5 Å². The number of thioether (sulfide) groups is 2. The molecule has 0 saturated carbocycles. The highest BCUT2D eigenvalue weighted by Gasteiger charge is 2.60. The number of alkyl halides is 9. The van der Waals surface area contributed by atoms with Crippen molar-refractivity contribution in [2.24, 2.45) is 0 Å². The standard InChI is InChI=1S/C23H18ClF9N2O2S2/c1-38-19(39-2)18(36)34-10-12-4-3-11(5-16(12)24)17-9-20(37-35-17,23(31,32)33)13-6-14(21(25,26)27)8-15(7-13)22(28,29)30/h3-9,19,35H,10H2,1-2H3,(H,34,36). The Morgan fingerprint density at radius 2 is 1.54 bits per heavy atom. The van der Waals surface area contributed by atoms with Crippen LogP contribution >= 0.6 is 35.1 Å². The lowest BCUT2D eigenvalue weighted by Gasteiger charge is -2.29. The average Bonchev–Trinajstić information content (AvgIpc) is 3.30. The summed E-state index contributed by atoms with van der Waals surface area (Å²) in [5, 5.41) is 2.70. The molecule has 0 aliphatic carbocycles. The Kier molecular flexibility index (Phi) is 9.10. The Balaban J connectivity index is 2.02. The lowest BCUT2D eigenvalue weighted by atomic mass is 9.88. The molecule has 2 aromatic carbocycles. The van der Waals surface area contributed by atoms with Crippen molar-refractivity contribution in [3.8, 4) is 0 Å². The number of carbonyl (C=O) groups is 1. The van der Waals surface area contributed by atoms with E-state index in [1.165, 1.54) is 41.7 Å². The highest BCUT2D eigenvalue weighted by atomic mass is 35.5. The average molecular weight is 625 g/mol. The van der Waals surface area contributed by atoms with Crippen molar-refractivity contribution < 1.29 is 49.1 Å². The largest absolute Gasteiger partial charge is 0.428 e. The molecule has 1 amide bonds. The van der Waals surface area contributed by atoms with Crippen LogP contribution in [-0.2, 0) is 34.1 Å². The van der Waals surface area contributed by atoms with Crippen molar-refractivity contribution >= 4 is 46.7 Å². The SMILES string of the molecule is CSC(SC)C(=O)NCc1ccc(C2=CC(c3cc(C(F)(F)F)cc(C(F)(F)F)c3)(C(F)(F)F)ON2)cc1Cl. The van der Waals surface area contributed by atoms with Gasteiger partial charge in [0.15, 0.2) is 0 Å². The van der Waals surface area contributed by atoms with Gasteiger partial charge in [0.25, 0.3) is 0 Å². The Morgan fingerprint density at radius 1 is 0.974 bits per heavy atom. The van der Waals surface area contributed by atoms with Crippen LogP contribution in [0.2, 0.25) is 5.02 Å². The number of benzene rings is 2. The second-order valence-electron chi connectivity index (χ2n) is 8.12. The fourth-order valence-corrected chi connectivity index (χ4v) is 5.20. The minimum atomic E-state index is -5.48. The summed E-state index contributed by atoms with van der Waals surface area (Å²) in [5.74, 6) is -0.280. The van der Waals surface area contributed by atoms with Gasteiger partial charge in [0.1, 0.15) is 4.58 Å². The summed E-state index contributed by atoms with van der Waals surface area (Å²) in [7, 11) is 0. The van der Waals surface area contributed by atoms with E-state index in [0.29, 0.717) is 11.6 Å². The molecule has 0 fully saturated rings. The molecule has 16 heteroatoms. The van der Waals surface area contributed by atoms with Gasteiger partial charge in [-0.15, -0.1) is 23.5 Å². The minimum absolute atomic E-state index is 0.00433. The van der Waals surface area contributed by atoms with Crippen LogP contribution in [0.1, 0.15) is 27.8 Å². The third-order valence-electron chi connectivity index (χ3n) is 5.57. The summed E-state index contributed by atoms with van der Waals surface area (Å²) in [6.45, 7) is -0.00448. The highest BCUT2D eigenvalue weighted by Crippen LogP contribution is 2.49. The molecule has 2 aromatic rings. The number of rotatable bonds is 7. The molecule has 3 rings (SSSR count). The van der Waals surface area contributed by atoms with Crippen molar-refractivity contribution in [3.05, 3.63) is 75.3 Å². The van der Waals surface area contributed by atoms with Crippen LogP contribution in [0.15, 0.2) is 42.5 Å². The number of halogens is 10. The van der Waals surface area contributed by atoms with Gasteiger partial charge in [0, 0.05) is 22.7 Å². The summed E-state index contributed by atoms with van der Waals surface area (Å²) < 4.78 is 122. The zero-order chi connectivity index (χ0) is 29.4. The van der Waals surface area contributed by atoms with Gasteiger partial charge in [-0.3, -0.25) is 15.1 Å². The van der Waals surface area contributed by atoms with Crippen molar-refractivity contribution in [2.45, 2.75) is 35.3 Å². The molecule has 0 spiro atoms. The van der Waals surface area contributed by atoms with Crippen LogP contribution in [0, 0.1) is 0 Å². The Morgan fingerprint density at radius 3 is 2.00 bits per heavy atom. The fourth-order valence-electron chi connectivity index (χ4n) is 3.59. The van der Waals surface area contributed by atoms with Crippen LogP contribution in [0.5, 0.6) is 0 Å². The van der Waals surface area contributed by atoms with Crippen LogP contribution in [0.3, 0.4) is 0 Å². The second kappa shape index (κ2) is 11.3. The maximum atomic E-state index is 14.2. The van der Waals surface area contributed by atoms with Crippen LogP contribution in [0.25, 0.3) is 5.70 Å². The first-order valence-corrected chi connectivity index (χ1v) is 13.5. The molecule has 0 saturated heterocycles. The summed E-state index contributed by atoms with van der Waals surface area (Å²) in [6.07, 6.45) is -12.4. The van der Waals surface area contributed by atoms with E-state index < -0.39 is 46.5 Å². The second-order valence-corrected chi connectivity index (χ2v) is 10.7. The predicted molar refractivity (Wildman–Crippen MR) is 130 cm³/mol. The van der Waals surface area contributed by atoms with Crippen molar-refractivity contribution in [3.63, 3.8) is 0 Å². The molecular weight excluding hydrogens is 607 g/mol.